The molecule has 4 saturated carbocycles. The van der Waals surface area contributed by atoms with Crippen molar-refractivity contribution in [3.8, 4) is 0 Å². The van der Waals surface area contributed by atoms with Crippen LogP contribution in [0.1, 0.15) is 207 Å². The van der Waals surface area contributed by atoms with Crippen LogP contribution in [0.3, 0.4) is 0 Å². The molecule has 4 rings (SSSR count). The quantitative estimate of drug-likeness (QED) is 0.0397. The molecule has 4 aliphatic carbocycles. The zero-order valence-electron chi connectivity index (χ0n) is 39.4. The van der Waals surface area contributed by atoms with Crippen molar-refractivity contribution in [3.63, 3.8) is 0 Å². The molecule has 0 spiro atoms. The number of nitrogens with zero attached hydrogens (tertiary/aromatic N) is 1. The summed E-state index contributed by atoms with van der Waals surface area (Å²) in [6.45, 7) is 4.46. The monoisotopic (exact) mass is 894 g/mol. The molecule has 1 atom stereocenters. The SMILES string of the molecule is CC(C)(C)OC(=O)N(OC(COC(=O)CCC1CCCCC1)COC(=O)CCC1CCCCC1)C(C)(O)OC(COC(=O)CCC1CCCCC1)COC(=O)CCC1CCCCC1. The van der Waals surface area contributed by atoms with Gasteiger partial charge in [-0.25, -0.2) is 4.79 Å². The summed E-state index contributed by atoms with van der Waals surface area (Å²) in [7, 11) is 0. The number of amides is 1. The van der Waals surface area contributed by atoms with Gasteiger partial charge in [-0.15, -0.1) is 5.06 Å². The Kier molecular flexibility index (Phi) is 23.5. The minimum absolute atomic E-state index is 0.204. The standard InChI is InChI=1S/C49H83NO13/c1-48(2,3)62-47(55)50(63-42(35-59-45(53)31-27-39-21-13-7-14-22-39)36-60-46(54)32-28-40-23-15-8-16-24-40)49(4,56)61-41(33-57-43(51)29-25-37-17-9-5-10-18-37)34-58-44(52)30-26-38-19-11-6-12-20-38/h37-42,56H,5-36H2,1-4H3. The molecule has 0 saturated heterocycles. The Labute approximate surface area is 377 Å². The molecule has 0 bridgehead atoms. The fraction of sp³-hybridized carbons (Fsp3) is 0.898. The van der Waals surface area contributed by atoms with Gasteiger partial charge in [-0.05, 0) is 70.1 Å². The predicted molar refractivity (Wildman–Crippen MR) is 236 cm³/mol. The molecule has 0 radical (unpaired) electrons. The Morgan fingerprint density at radius 2 is 0.762 bits per heavy atom. The highest BCUT2D eigenvalue weighted by atomic mass is 16.8. The molecule has 1 unspecified atom stereocenters. The van der Waals surface area contributed by atoms with Gasteiger partial charge < -0.3 is 33.5 Å². The van der Waals surface area contributed by atoms with E-state index in [1.165, 1.54) is 25.7 Å². The van der Waals surface area contributed by atoms with E-state index in [9.17, 15) is 29.1 Å². The van der Waals surface area contributed by atoms with Crippen LogP contribution in [-0.4, -0.2) is 90.3 Å². The van der Waals surface area contributed by atoms with Crippen LogP contribution in [0.25, 0.3) is 0 Å². The van der Waals surface area contributed by atoms with E-state index in [1.807, 2.05) is 0 Å². The van der Waals surface area contributed by atoms with Crippen LogP contribution in [-0.2, 0) is 52.4 Å². The van der Waals surface area contributed by atoms with E-state index in [0.29, 0.717) is 54.4 Å². The number of hydroxylamine groups is 2. The third-order valence-electron chi connectivity index (χ3n) is 13.2. The number of hydrogen-bond donors (Lipinski definition) is 1. The van der Waals surface area contributed by atoms with Crippen LogP contribution in [0, 0.1) is 23.7 Å². The summed E-state index contributed by atoms with van der Waals surface area (Å²) in [5, 5.41) is 12.5. The summed E-state index contributed by atoms with van der Waals surface area (Å²) in [5.41, 5.74) is -1.05. The maximum absolute atomic E-state index is 13.9. The number of hydrogen-bond acceptors (Lipinski definition) is 13. The first-order valence-corrected chi connectivity index (χ1v) is 24.9. The smallest absolute Gasteiger partial charge is 0.439 e. The van der Waals surface area contributed by atoms with Gasteiger partial charge in [0.2, 0.25) is 0 Å². The molecule has 0 aromatic heterocycles. The Balaban J connectivity index is 1.47. The highest BCUT2D eigenvalue weighted by molar-refractivity contribution is 5.71. The lowest BCUT2D eigenvalue weighted by Gasteiger charge is -2.39. The Morgan fingerprint density at radius 3 is 1.05 bits per heavy atom. The van der Waals surface area contributed by atoms with Crippen molar-refractivity contribution in [3.05, 3.63) is 0 Å². The number of esters is 4. The van der Waals surface area contributed by atoms with Crippen LogP contribution in [0.15, 0.2) is 0 Å². The molecule has 1 N–H and O–H groups in total. The molecule has 0 aromatic rings. The molecular weight excluding hydrogens is 811 g/mol. The summed E-state index contributed by atoms with van der Waals surface area (Å²) in [6, 6.07) is 0. The van der Waals surface area contributed by atoms with E-state index < -0.39 is 80.1 Å². The molecule has 63 heavy (non-hydrogen) atoms. The lowest BCUT2D eigenvalue weighted by Crippen LogP contribution is -2.57. The lowest BCUT2D eigenvalue weighted by atomic mass is 9.86. The largest absolute Gasteiger partial charge is 0.463 e. The van der Waals surface area contributed by atoms with E-state index in [-0.39, 0.29) is 25.7 Å². The zero-order chi connectivity index (χ0) is 45.5. The van der Waals surface area contributed by atoms with Gasteiger partial charge in [0.15, 0.2) is 6.10 Å². The van der Waals surface area contributed by atoms with Crippen molar-refractivity contribution in [2.45, 2.75) is 231 Å². The van der Waals surface area contributed by atoms with Crippen molar-refractivity contribution < 1.29 is 62.3 Å². The zero-order valence-corrected chi connectivity index (χ0v) is 39.4. The van der Waals surface area contributed by atoms with Gasteiger partial charge in [0, 0.05) is 32.6 Å². The van der Waals surface area contributed by atoms with Crippen molar-refractivity contribution in [2.75, 3.05) is 26.4 Å². The van der Waals surface area contributed by atoms with Crippen LogP contribution in [0.4, 0.5) is 4.79 Å². The van der Waals surface area contributed by atoms with Gasteiger partial charge in [0.25, 0.3) is 5.91 Å². The summed E-state index contributed by atoms with van der Waals surface area (Å²) < 4.78 is 34.3. The molecule has 0 heterocycles. The molecular formula is C49H83NO13. The van der Waals surface area contributed by atoms with Gasteiger partial charge in [-0.2, -0.15) is 0 Å². The molecule has 4 fully saturated rings. The number of carbonyl (C=O) groups excluding carboxylic acids is 5. The van der Waals surface area contributed by atoms with E-state index in [4.69, 9.17) is 33.3 Å². The molecule has 362 valence electrons. The summed E-state index contributed by atoms with van der Waals surface area (Å²) in [4.78, 5) is 72.1. The van der Waals surface area contributed by atoms with E-state index in [1.54, 1.807) is 20.8 Å². The minimum atomic E-state index is -2.63. The third kappa shape index (κ3) is 22.2. The first kappa shape index (κ1) is 52.7. The van der Waals surface area contributed by atoms with Crippen LogP contribution in [0.5, 0.6) is 0 Å². The fourth-order valence-electron chi connectivity index (χ4n) is 9.57. The second-order valence-electron chi connectivity index (χ2n) is 20.1. The van der Waals surface area contributed by atoms with Crippen molar-refractivity contribution in [2.24, 2.45) is 23.7 Å². The number of rotatable bonds is 25. The third-order valence-corrected chi connectivity index (χ3v) is 13.2. The number of ether oxygens (including phenoxy) is 6. The van der Waals surface area contributed by atoms with Gasteiger partial charge in [-0.3, -0.25) is 24.0 Å². The van der Waals surface area contributed by atoms with E-state index >= 15 is 0 Å². The first-order valence-electron chi connectivity index (χ1n) is 24.9. The van der Waals surface area contributed by atoms with Gasteiger partial charge in [-0.1, -0.05) is 128 Å². The van der Waals surface area contributed by atoms with E-state index in [0.717, 1.165) is 110 Å². The van der Waals surface area contributed by atoms with Crippen molar-refractivity contribution >= 4 is 30.0 Å². The van der Waals surface area contributed by atoms with Gasteiger partial charge >= 0.3 is 30.0 Å². The van der Waals surface area contributed by atoms with Gasteiger partial charge in [0.1, 0.15) is 38.1 Å². The van der Waals surface area contributed by atoms with Gasteiger partial charge in [0.05, 0.1) is 0 Å². The second kappa shape index (κ2) is 28.2. The highest BCUT2D eigenvalue weighted by Crippen LogP contribution is 2.31. The van der Waals surface area contributed by atoms with Crippen molar-refractivity contribution in [1.29, 1.82) is 0 Å². The Hall–Kier alpha value is -2.97. The average Bonchev–Trinajstić information content (AvgIpc) is 3.27. The maximum atomic E-state index is 13.9. The Morgan fingerprint density at radius 1 is 0.476 bits per heavy atom. The molecule has 14 heteroatoms. The molecule has 0 aromatic carbocycles. The summed E-state index contributed by atoms with van der Waals surface area (Å²) in [5.74, 6) is -2.61. The molecule has 1 amide bonds. The fourth-order valence-corrected chi connectivity index (χ4v) is 9.57. The number of carbonyl (C=O) groups is 5. The van der Waals surface area contributed by atoms with Crippen LogP contribution >= 0.6 is 0 Å². The first-order chi connectivity index (χ1) is 30.1. The minimum Gasteiger partial charge on any atom is -0.463 e. The van der Waals surface area contributed by atoms with Crippen LogP contribution < -0.4 is 0 Å². The highest BCUT2D eigenvalue weighted by Gasteiger charge is 2.43. The maximum Gasteiger partial charge on any atom is 0.439 e. The topological polar surface area (TPSA) is 173 Å². The van der Waals surface area contributed by atoms with E-state index in [2.05, 4.69) is 0 Å². The summed E-state index contributed by atoms with van der Waals surface area (Å²) in [6.07, 6.45) is 22.7. The normalized spacial score (nSPS) is 19.6. The van der Waals surface area contributed by atoms with Crippen LogP contribution in [0.2, 0.25) is 0 Å². The molecule has 14 nitrogen and oxygen atoms in total. The molecule has 0 aliphatic heterocycles. The predicted octanol–water partition coefficient (Wildman–Crippen LogP) is 10.2. The van der Waals surface area contributed by atoms with Crippen molar-refractivity contribution in [1.82, 2.24) is 5.06 Å². The second-order valence-corrected chi connectivity index (χ2v) is 20.1. The average molecular weight is 894 g/mol. The lowest BCUT2D eigenvalue weighted by molar-refractivity contribution is -0.393. The summed E-state index contributed by atoms with van der Waals surface area (Å²) >= 11 is 0. The number of aliphatic hydroxyl groups is 1. The molecule has 4 aliphatic rings. The Bertz CT molecular complexity index is 1280.